The van der Waals surface area contributed by atoms with E-state index in [-0.39, 0.29) is 10.7 Å². The first-order valence-electron chi connectivity index (χ1n) is 3.77. The van der Waals surface area contributed by atoms with Crippen molar-refractivity contribution in [2.75, 3.05) is 0 Å². The third-order valence-corrected chi connectivity index (χ3v) is 4.70. The van der Waals surface area contributed by atoms with E-state index in [2.05, 4.69) is 0 Å². The highest BCUT2D eigenvalue weighted by Gasteiger charge is 2.42. The number of halogens is 1. The van der Waals surface area contributed by atoms with Gasteiger partial charge in [-0.3, -0.25) is 0 Å². The fourth-order valence-corrected chi connectivity index (χ4v) is 4.14. The van der Waals surface area contributed by atoms with Crippen LogP contribution in [0.25, 0.3) is 0 Å². The molecule has 0 aromatic heterocycles. The first-order chi connectivity index (χ1) is 4.84. The molecule has 4 heteroatoms. The molecule has 1 saturated carbocycles. The highest BCUT2D eigenvalue weighted by Crippen LogP contribution is 2.42. The molecule has 1 aliphatic rings. The van der Waals surface area contributed by atoms with Gasteiger partial charge in [-0.1, -0.05) is 20.3 Å². The summed E-state index contributed by atoms with van der Waals surface area (Å²) in [6.07, 6.45) is 2.66. The third-order valence-electron chi connectivity index (χ3n) is 2.50. The fourth-order valence-electron chi connectivity index (χ4n) is 1.82. The highest BCUT2D eigenvalue weighted by molar-refractivity contribution is 8.14. The Kier molecular flexibility index (Phi) is 2.23. The minimum atomic E-state index is -3.34. The van der Waals surface area contributed by atoms with Gasteiger partial charge in [-0.15, -0.1) is 0 Å². The van der Waals surface area contributed by atoms with Crippen LogP contribution in [0, 0.1) is 5.41 Å². The molecule has 0 aromatic rings. The quantitative estimate of drug-likeness (QED) is 0.603. The molecule has 0 N–H and O–H groups in total. The second-order valence-electron chi connectivity index (χ2n) is 3.85. The standard InChI is InChI=1S/C7H13ClO2S/c1-7(2)5-3-4-6(7)11(8,9)10/h6H,3-5H2,1-2H3. The fraction of sp³-hybridized carbons (Fsp3) is 1.00. The van der Waals surface area contributed by atoms with Crippen molar-refractivity contribution in [2.24, 2.45) is 5.41 Å². The Hall–Kier alpha value is 0.240. The van der Waals surface area contributed by atoms with E-state index in [4.69, 9.17) is 10.7 Å². The summed E-state index contributed by atoms with van der Waals surface area (Å²) in [4.78, 5) is 0. The van der Waals surface area contributed by atoms with Crippen LogP contribution in [-0.4, -0.2) is 13.7 Å². The van der Waals surface area contributed by atoms with Gasteiger partial charge in [0, 0.05) is 10.7 Å². The number of rotatable bonds is 1. The SMILES string of the molecule is CC1(C)CCCC1S(=O)(=O)Cl. The van der Waals surface area contributed by atoms with Crippen LogP contribution in [0.2, 0.25) is 0 Å². The van der Waals surface area contributed by atoms with Crippen molar-refractivity contribution in [3.63, 3.8) is 0 Å². The number of hydrogen-bond acceptors (Lipinski definition) is 2. The Morgan fingerprint density at radius 3 is 2.18 bits per heavy atom. The summed E-state index contributed by atoms with van der Waals surface area (Å²) in [5.41, 5.74) is -0.124. The molecule has 0 heterocycles. The van der Waals surface area contributed by atoms with E-state index in [0.717, 1.165) is 19.3 Å². The normalized spacial score (nSPS) is 30.6. The van der Waals surface area contributed by atoms with Crippen LogP contribution in [0.1, 0.15) is 33.1 Å². The summed E-state index contributed by atoms with van der Waals surface area (Å²) in [6.45, 7) is 3.93. The Bertz CT molecular complexity index is 243. The first-order valence-corrected chi connectivity index (χ1v) is 6.15. The van der Waals surface area contributed by atoms with E-state index in [1.807, 2.05) is 13.8 Å². The molecule has 1 unspecified atom stereocenters. The average molecular weight is 197 g/mol. The van der Waals surface area contributed by atoms with E-state index >= 15 is 0 Å². The van der Waals surface area contributed by atoms with Gasteiger partial charge in [0.15, 0.2) is 0 Å². The largest absolute Gasteiger partial charge is 0.235 e. The van der Waals surface area contributed by atoms with Crippen LogP contribution in [0.3, 0.4) is 0 Å². The minimum absolute atomic E-state index is 0.124. The molecule has 1 fully saturated rings. The zero-order valence-corrected chi connectivity index (χ0v) is 8.37. The third kappa shape index (κ3) is 1.88. The van der Waals surface area contributed by atoms with Gasteiger partial charge >= 0.3 is 0 Å². The van der Waals surface area contributed by atoms with E-state index in [0.29, 0.717) is 0 Å². The summed E-state index contributed by atoms with van der Waals surface area (Å²) < 4.78 is 22.0. The molecule has 1 atom stereocenters. The lowest BCUT2D eigenvalue weighted by Gasteiger charge is -2.23. The second-order valence-corrected chi connectivity index (χ2v) is 6.66. The van der Waals surface area contributed by atoms with Crippen molar-refractivity contribution in [1.82, 2.24) is 0 Å². The molecular formula is C7H13ClO2S. The maximum absolute atomic E-state index is 11.0. The van der Waals surface area contributed by atoms with E-state index in [1.165, 1.54) is 0 Å². The molecule has 0 bridgehead atoms. The molecule has 0 spiro atoms. The van der Waals surface area contributed by atoms with Gasteiger partial charge in [0.2, 0.25) is 9.05 Å². The highest BCUT2D eigenvalue weighted by atomic mass is 35.7. The molecular weight excluding hydrogens is 184 g/mol. The maximum atomic E-state index is 11.0. The molecule has 1 aliphatic carbocycles. The van der Waals surface area contributed by atoms with Crippen molar-refractivity contribution in [2.45, 2.75) is 38.4 Å². The minimum Gasteiger partial charge on any atom is -0.212 e. The van der Waals surface area contributed by atoms with Gasteiger partial charge in [0.05, 0.1) is 5.25 Å². The zero-order valence-electron chi connectivity index (χ0n) is 6.80. The van der Waals surface area contributed by atoms with Crippen molar-refractivity contribution >= 4 is 19.7 Å². The molecule has 0 aromatic carbocycles. The van der Waals surface area contributed by atoms with Gasteiger partial charge in [0.25, 0.3) is 0 Å². The Morgan fingerprint density at radius 2 is 2.00 bits per heavy atom. The van der Waals surface area contributed by atoms with Crippen LogP contribution >= 0.6 is 10.7 Å². The topological polar surface area (TPSA) is 34.1 Å². The summed E-state index contributed by atoms with van der Waals surface area (Å²) in [7, 11) is 1.96. The summed E-state index contributed by atoms with van der Waals surface area (Å²) in [5, 5.41) is -0.336. The van der Waals surface area contributed by atoms with Gasteiger partial charge in [-0.2, -0.15) is 0 Å². The Labute approximate surface area is 72.4 Å². The zero-order chi connectivity index (χ0) is 8.70. The molecule has 0 aliphatic heterocycles. The van der Waals surface area contributed by atoms with E-state index in [9.17, 15) is 8.42 Å². The van der Waals surface area contributed by atoms with Gasteiger partial charge in [0.1, 0.15) is 0 Å². The van der Waals surface area contributed by atoms with Gasteiger partial charge < -0.3 is 0 Å². The van der Waals surface area contributed by atoms with Crippen LogP contribution in [-0.2, 0) is 9.05 Å². The molecule has 2 nitrogen and oxygen atoms in total. The van der Waals surface area contributed by atoms with E-state index < -0.39 is 9.05 Å². The second kappa shape index (κ2) is 2.63. The van der Waals surface area contributed by atoms with Gasteiger partial charge in [-0.25, -0.2) is 8.42 Å². The summed E-state index contributed by atoms with van der Waals surface area (Å²) in [5.74, 6) is 0. The van der Waals surface area contributed by atoms with E-state index in [1.54, 1.807) is 0 Å². The van der Waals surface area contributed by atoms with Gasteiger partial charge in [-0.05, 0) is 18.3 Å². The lowest BCUT2D eigenvalue weighted by molar-refractivity contribution is 0.382. The van der Waals surface area contributed by atoms with Crippen LogP contribution in [0.5, 0.6) is 0 Å². The van der Waals surface area contributed by atoms with Crippen molar-refractivity contribution < 1.29 is 8.42 Å². The smallest absolute Gasteiger partial charge is 0.212 e. The lowest BCUT2D eigenvalue weighted by Crippen LogP contribution is -2.28. The molecule has 11 heavy (non-hydrogen) atoms. The summed E-state index contributed by atoms with van der Waals surface area (Å²) >= 11 is 0. The van der Waals surface area contributed by atoms with Crippen LogP contribution < -0.4 is 0 Å². The van der Waals surface area contributed by atoms with Crippen molar-refractivity contribution in [1.29, 1.82) is 0 Å². The molecule has 0 radical (unpaired) electrons. The van der Waals surface area contributed by atoms with Crippen molar-refractivity contribution in [3.8, 4) is 0 Å². The Balaban J connectivity index is 2.91. The monoisotopic (exact) mass is 196 g/mol. The van der Waals surface area contributed by atoms with Crippen LogP contribution in [0.4, 0.5) is 0 Å². The molecule has 66 valence electrons. The molecule has 0 saturated heterocycles. The summed E-state index contributed by atoms with van der Waals surface area (Å²) in [6, 6.07) is 0. The van der Waals surface area contributed by atoms with Crippen LogP contribution in [0.15, 0.2) is 0 Å². The maximum Gasteiger partial charge on any atom is 0.235 e. The number of hydrogen-bond donors (Lipinski definition) is 0. The predicted molar refractivity (Wildman–Crippen MR) is 46.2 cm³/mol. The molecule has 0 amide bonds. The van der Waals surface area contributed by atoms with Crippen molar-refractivity contribution in [3.05, 3.63) is 0 Å². The lowest BCUT2D eigenvalue weighted by atomic mass is 9.92. The first kappa shape index (κ1) is 9.33. The predicted octanol–water partition coefficient (Wildman–Crippen LogP) is 2.13. The molecule has 1 rings (SSSR count). The Morgan fingerprint density at radius 1 is 1.45 bits per heavy atom. The average Bonchev–Trinajstić information content (AvgIpc) is 2.06.